The molecule has 0 aliphatic rings. The Morgan fingerprint density at radius 1 is 0.941 bits per heavy atom. The molecule has 180 valence electrons. The normalized spacial score (nSPS) is 11.8. The fraction of sp³-hybridized carbons (Fsp3) is 0.357. The van der Waals surface area contributed by atoms with Gasteiger partial charge in [-0.05, 0) is 61.2 Å². The molecule has 1 atom stereocenters. The SMILES string of the molecule is CC[C@H](C)CN(CC(=O)N(Cc1ccc(F)cc1)Cc1ccc(C)s1)C(=O)c1ccccc1C. The molecule has 0 aliphatic carbocycles. The highest BCUT2D eigenvalue weighted by Crippen LogP contribution is 2.20. The molecule has 0 bridgehead atoms. The molecule has 0 saturated carbocycles. The van der Waals surface area contributed by atoms with E-state index in [0.717, 1.165) is 22.4 Å². The first-order chi connectivity index (χ1) is 16.3. The van der Waals surface area contributed by atoms with Crippen LogP contribution in [0.5, 0.6) is 0 Å². The molecule has 0 radical (unpaired) electrons. The van der Waals surface area contributed by atoms with E-state index in [-0.39, 0.29) is 30.1 Å². The Bertz CT molecular complexity index is 1110. The maximum Gasteiger partial charge on any atom is 0.254 e. The molecule has 1 aromatic heterocycles. The van der Waals surface area contributed by atoms with Crippen LogP contribution in [-0.4, -0.2) is 34.7 Å². The highest BCUT2D eigenvalue weighted by Gasteiger charge is 2.25. The third kappa shape index (κ3) is 7.00. The molecule has 0 aliphatic heterocycles. The van der Waals surface area contributed by atoms with E-state index in [1.165, 1.54) is 17.0 Å². The zero-order valence-electron chi connectivity index (χ0n) is 20.4. The predicted molar refractivity (Wildman–Crippen MR) is 136 cm³/mol. The Morgan fingerprint density at radius 2 is 1.65 bits per heavy atom. The zero-order valence-corrected chi connectivity index (χ0v) is 21.2. The van der Waals surface area contributed by atoms with Crippen molar-refractivity contribution < 1.29 is 14.0 Å². The lowest BCUT2D eigenvalue weighted by Crippen LogP contribution is -2.44. The van der Waals surface area contributed by atoms with Crippen LogP contribution in [0.2, 0.25) is 0 Å². The fourth-order valence-corrected chi connectivity index (χ4v) is 4.68. The second-order valence-electron chi connectivity index (χ2n) is 8.90. The summed E-state index contributed by atoms with van der Waals surface area (Å²) in [5.41, 5.74) is 2.37. The summed E-state index contributed by atoms with van der Waals surface area (Å²) in [6.07, 6.45) is 0.916. The maximum atomic E-state index is 13.6. The number of carbonyl (C=O) groups is 2. The standard InChI is InChI=1S/C28H33FN2O2S/c1-5-20(2)16-31(28(33)26-9-7-6-8-21(26)3)19-27(32)30(18-25-15-10-22(4)34-25)17-23-11-13-24(29)14-12-23/h6-15,20H,5,16-19H2,1-4H3/t20-/m0/s1. The van der Waals surface area contributed by atoms with E-state index < -0.39 is 0 Å². The van der Waals surface area contributed by atoms with Gasteiger partial charge in [-0.25, -0.2) is 4.39 Å². The summed E-state index contributed by atoms with van der Waals surface area (Å²) in [5, 5.41) is 0. The lowest BCUT2D eigenvalue weighted by molar-refractivity contribution is -0.133. The summed E-state index contributed by atoms with van der Waals surface area (Å²) >= 11 is 1.65. The van der Waals surface area contributed by atoms with Gasteiger partial charge in [0.1, 0.15) is 12.4 Å². The van der Waals surface area contributed by atoms with Gasteiger partial charge in [0.05, 0.1) is 6.54 Å². The van der Waals surface area contributed by atoms with E-state index in [1.54, 1.807) is 33.3 Å². The minimum atomic E-state index is -0.306. The van der Waals surface area contributed by atoms with Crippen LogP contribution in [0, 0.1) is 25.6 Å². The van der Waals surface area contributed by atoms with E-state index in [2.05, 4.69) is 13.8 Å². The summed E-state index contributed by atoms with van der Waals surface area (Å²) in [7, 11) is 0. The van der Waals surface area contributed by atoms with Gasteiger partial charge in [0.2, 0.25) is 5.91 Å². The molecule has 6 heteroatoms. The van der Waals surface area contributed by atoms with Gasteiger partial charge in [-0.2, -0.15) is 0 Å². The molecular formula is C28H33FN2O2S. The number of amides is 2. The lowest BCUT2D eigenvalue weighted by Gasteiger charge is -2.29. The van der Waals surface area contributed by atoms with Crippen molar-refractivity contribution in [2.24, 2.45) is 5.92 Å². The predicted octanol–water partition coefficient (Wildman–Crippen LogP) is 6.22. The van der Waals surface area contributed by atoms with Gasteiger partial charge in [0.15, 0.2) is 0 Å². The third-order valence-corrected chi connectivity index (χ3v) is 6.99. The highest BCUT2D eigenvalue weighted by atomic mass is 32.1. The van der Waals surface area contributed by atoms with Crippen molar-refractivity contribution in [1.29, 1.82) is 0 Å². The lowest BCUT2D eigenvalue weighted by atomic mass is 10.1. The number of rotatable bonds is 10. The Labute approximate surface area is 206 Å². The molecule has 4 nitrogen and oxygen atoms in total. The smallest absolute Gasteiger partial charge is 0.254 e. The van der Waals surface area contributed by atoms with Gasteiger partial charge < -0.3 is 9.80 Å². The van der Waals surface area contributed by atoms with Gasteiger partial charge >= 0.3 is 0 Å². The van der Waals surface area contributed by atoms with E-state index >= 15 is 0 Å². The van der Waals surface area contributed by atoms with Gasteiger partial charge in [-0.15, -0.1) is 11.3 Å². The summed E-state index contributed by atoms with van der Waals surface area (Å²) in [4.78, 5) is 32.7. The number of halogens is 1. The molecule has 0 saturated heterocycles. The van der Waals surface area contributed by atoms with Crippen molar-refractivity contribution in [3.8, 4) is 0 Å². The molecule has 2 amide bonds. The van der Waals surface area contributed by atoms with Crippen LogP contribution >= 0.6 is 11.3 Å². The Kier molecular flexibility index (Phi) is 8.99. The first-order valence-corrected chi connectivity index (χ1v) is 12.5. The van der Waals surface area contributed by atoms with Crippen molar-refractivity contribution >= 4 is 23.2 Å². The Morgan fingerprint density at radius 3 is 2.26 bits per heavy atom. The van der Waals surface area contributed by atoms with Crippen LogP contribution in [0.25, 0.3) is 0 Å². The molecule has 0 fully saturated rings. The molecule has 3 aromatic rings. The van der Waals surface area contributed by atoms with Gasteiger partial charge in [0, 0.05) is 28.4 Å². The Hall–Kier alpha value is -2.99. The van der Waals surface area contributed by atoms with Crippen LogP contribution in [-0.2, 0) is 17.9 Å². The van der Waals surface area contributed by atoms with Crippen molar-refractivity contribution in [2.45, 2.75) is 47.2 Å². The van der Waals surface area contributed by atoms with Crippen LogP contribution in [0.15, 0.2) is 60.7 Å². The van der Waals surface area contributed by atoms with Gasteiger partial charge in [-0.3, -0.25) is 9.59 Å². The molecule has 3 rings (SSSR count). The summed E-state index contributed by atoms with van der Waals surface area (Å²) in [6, 6.07) is 17.8. The largest absolute Gasteiger partial charge is 0.332 e. The van der Waals surface area contributed by atoms with Crippen molar-refractivity contribution in [3.05, 3.63) is 92.9 Å². The zero-order chi connectivity index (χ0) is 24.7. The second kappa shape index (κ2) is 11.9. The van der Waals surface area contributed by atoms with E-state index in [0.29, 0.717) is 25.2 Å². The van der Waals surface area contributed by atoms with Crippen molar-refractivity contribution in [1.82, 2.24) is 9.80 Å². The molecule has 0 N–H and O–H groups in total. The monoisotopic (exact) mass is 480 g/mol. The average Bonchev–Trinajstić information content (AvgIpc) is 3.23. The van der Waals surface area contributed by atoms with E-state index in [4.69, 9.17) is 0 Å². The fourth-order valence-electron chi connectivity index (χ4n) is 3.77. The number of carbonyl (C=O) groups excluding carboxylic acids is 2. The maximum absolute atomic E-state index is 13.6. The number of nitrogens with zero attached hydrogens (tertiary/aromatic N) is 2. The number of benzene rings is 2. The summed E-state index contributed by atoms with van der Waals surface area (Å²) in [6.45, 7) is 9.44. The highest BCUT2D eigenvalue weighted by molar-refractivity contribution is 7.11. The molecular weight excluding hydrogens is 447 g/mol. The Balaban J connectivity index is 1.85. The first kappa shape index (κ1) is 25.6. The number of hydrogen-bond acceptors (Lipinski definition) is 3. The van der Waals surface area contributed by atoms with Gasteiger partial charge in [0.25, 0.3) is 5.91 Å². The quantitative estimate of drug-likeness (QED) is 0.346. The first-order valence-electron chi connectivity index (χ1n) is 11.7. The molecule has 1 heterocycles. The van der Waals surface area contributed by atoms with Crippen LogP contribution < -0.4 is 0 Å². The van der Waals surface area contributed by atoms with Crippen LogP contribution in [0.3, 0.4) is 0 Å². The van der Waals surface area contributed by atoms with Crippen molar-refractivity contribution in [2.75, 3.05) is 13.1 Å². The minimum Gasteiger partial charge on any atom is -0.332 e. The average molecular weight is 481 g/mol. The number of aryl methyl sites for hydroxylation is 2. The topological polar surface area (TPSA) is 40.6 Å². The van der Waals surface area contributed by atoms with E-state index in [1.807, 2.05) is 50.2 Å². The third-order valence-electron chi connectivity index (χ3n) is 6.00. The van der Waals surface area contributed by atoms with Crippen molar-refractivity contribution in [3.63, 3.8) is 0 Å². The molecule has 0 spiro atoms. The number of hydrogen-bond donors (Lipinski definition) is 0. The summed E-state index contributed by atoms with van der Waals surface area (Å²) in [5.74, 6) is -0.286. The van der Waals surface area contributed by atoms with E-state index in [9.17, 15) is 14.0 Å². The molecule has 0 unspecified atom stereocenters. The number of thiophene rings is 1. The van der Waals surface area contributed by atoms with Gasteiger partial charge in [-0.1, -0.05) is 50.6 Å². The molecule has 2 aromatic carbocycles. The second-order valence-corrected chi connectivity index (χ2v) is 10.3. The minimum absolute atomic E-state index is 0.00304. The molecule has 34 heavy (non-hydrogen) atoms. The van der Waals surface area contributed by atoms with Crippen LogP contribution in [0.1, 0.15) is 51.5 Å². The summed E-state index contributed by atoms with van der Waals surface area (Å²) < 4.78 is 13.4. The van der Waals surface area contributed by atoms with Crippen LogP contribution in [0.4, 0.5) is 4.39 Å².